The first-order valence-corrected chi connectivity index (χ1v) is 9.31. The summed E-state index contributed by atoms with van der Waals surface area (Å²) < 4.78 is 0. The van der Waals surface area contributed by atoms with E-state index < -0.39 is 5.97 Å². The van der Waals surface area contributed by atoms with Gasteiger partial charge in [0.25, 0.3) is 5.91 Å². The molecule has 2 aromatic carbocycles. The number of carbonyl (C=O) groups excluding carboxylic acids is 1. The molecule has 3 N–H and O–H groups in total. The SMILES string of the molecule is O=C(Nc1ccc([C@H]2CC[C@H](C(=O)O)CC2)cc1)c1ccc2cc[nH]c2c1. The van der Waals surface area contributed by atoms with Gasteiger partial charge in [0.1, 0.15) is 0 Å². The first kappa shape index (κ1) is 17.3. The molecule has 0 unspecified atom stereocenters. The van der Waals surface area contributed by atoms with E-state index in [9.17, 15) is 9.59 Å². The highest BCUT2D eigenvalue weighted by atomic mass is 16.4. The Hall–Kier alpha value is -3.08. The number of hydrogen-bond acceptors (Lipinski definition) is 2. The van der Waals surface area contributed by atoms with E-state index in [-0.39, 0.29) is 11.8 Å². The zero-order chi connectivity index (χ0) is 18.8. The summed E-state index contributed by atoms with van der Waals surface area (Å²) in [5.74, 6) is -0.609. The fourth-order valence-electron chi connectivity index (χ4n) is 3.90. The molecule has 5 heteroatoms. The van der Waals surface area contributed by atoms with E-state index in [2.05, 4.69) is 10.3 Å². The lowest BCUT2D eigenvalue weighted by Gasteiger charge is -2.26. The van der Waals surface area contributed by atoms with E-state index in [0.717, 1.165) is 42.3 Å². The second-order valence-corrected chi connectivity index (χ2v) is 7.24. The smallest absolute Gasteiger partial charge is 0.306 e. The van der Waals surface area contributed by atoms with Gasteiger partial charge in [-0.2, -0.15) is 0 Å². The maximum Gasteiger partial charge on any atom is 0.306 e. The van der Waals surface area contributed by atoms with Gasteiger partial charge in [0.15, 0.2) is 0 Å². The molecule has 138 valence electrons. The molecule has 0 atom stereocenters. The second kappa shape index (κ2) is 7.27. The van der Waals surface area contributed by atoms with Crippen molar-refractivity contribution in [2.24, 2.45) is 5.92 Å². The van der Waals surface area contributed by atoms with E-state index in [4.69, 9.17) is 5.11 Å². The Balaban J connectivity index is 1.40. The molecule has 1 aliphatic rings. The number of fused-ring (bicyclic) bond motifs is 1. The van der Waals surface area contributed by atoms with Crippen LogP contribution in [0.3, 0.4) is 0 Å². The van der Waals surface area contributed by atoms with Crippen molar-refractivity contribution < 1.29 is 14.7 Å². The van der Waals surface area contributed by atoms with Crippen LogP contribution in [0.5, 0.6) is 0 Å². The molecule has 3 aromatic rings. The Kier molecular flexibility index (Phi) is 4.67. The third-order valence-electron chi connectivity index (χ3n) is 5.53. The summed E-state index contributed by atoms with van der Waals surface area (Å²) in [6, 6.07) is 15.5. The van der Waals surface area contributed by atoms with Gasteiger partial charge >= 0.3 is 5.97 Å². The van der Waals surface area contributed by atoms with Crippen LogP contribution in [-0.2, 0) is 4.79 Å². The van der Waals surface area contributed by atoms with E-state index in [0.29, 0.717) is 11.5 Å². The molecule has 0 spiro atoms. The number of rotatable bonds is 4. The van der Waals surface area contributed by atoms with E-state index in [1.165, 1.54) is 5.56 Å². The van der Waals surface area contributed by atoms with Gasteiger partial charge < -0.3 is 15.4 Å². The summed E-state index contributed by atoms with van der Waals surface area (Å²) in [6.45, 7) is 0. The number of carbonyl (C=O) groups is 2. The summed E-state index contributed by atoms with van der Waals surface area (Å²) in [6.07, 6.45) is 5.13. The average molecular weight is 362 g/mol. The summed E-state index contributed by atoms with van der Waals surface area (Å²) >= 11 is 0. The molecule has 5 nitrogen and oxygen atoms in total. The number of anilines is 1. The number of hydrogen-bond donors (Lipinski definition) is 3. The molecular weight excluding hydrogens is 340 g/mol. The fraction of sp³-hybridized carbons (Fsp3) is 0.273. The van der Waals surface area contributed by atoms with Crippen molar-refractivity contribution in [2.75, 3.05) is 5.32 Å². The Bertz CT molecular complexity index is 967. The maximum atomic E-state index is 12.5. The number of aromatic nitrogens is 1. The molecule has 1 aliphatic carbocycles. The summed E-state index contributed by atoms with van der Waals surface area (Å²) in [5.41, 5.74) is 3.52. The number of carboxylic acids is 1. The Morgan fingerprint density at radius 1 is 0.963 bits per heavy atom. The van der Waals surface area contributed by atoms with Gasteiger partial charge in [0.05, 0.1) is 5.92 Å². The monoisotopic (exact) mass is 362 g/mol. The number of nitrogens with one attached hydrogen (secondary N) is 2. The number of benzene rings is 2. The normalized spacial score (nSPS) is 19.7. The molecule has 0 radical (unpaired) electrons. The van der Waals surface area contributed by atoms with Crippen molar-refractivity contribution in [3.8, 4) is 0 Å². The number of aliphatic carboxylic acids is 1. The minimum Gasteiger partial charge on any atom is -0.481 e. The van der Waals surface area contributed by atoms with Crippen LogP contribution in [0.15, 0.2) is 54.7 Å². The molecule has 1 heterocycles. The van der Waals surface area contributed by atoms with Crippen LogP contribution in [0.25, 0.3) is 10.9 Å². The molecule has 0 saturated heterocycles. The Morgan fingerprint density at radius 2 is 1.70 bits per heavy atom. The van der Waals surface area contributed by atoms with Gasteiger partial charge in [0, 0.05) is 23.0 Å². The first-order chi connectivity index (χ1) is 13.1. The van der Waals surface area contributed by atoms with Crippen molar-refractivity contribution in [1.29, 1.82) is 0 Å². The minimum absolute atomic E-state index is 0.138. The number of carboxylic acid groups (broad SMARTS) is 1. The highest BCUT2D eigenvalue weighted by Gasteiger charge is 2.26. The van der Waals surface area contributed by atoms with Crippen LogP contribution in [0.2, 0.25) is 0 Å². The lowest BCUT2D eigenvalue weighted by Crippen LogP contribution is -2.20. The van der Waals surface area contributed by atoms with Crippen LogP contribution >= 0.6 is 0 Å². The topological polar surface area (TPSA) is 82.2 Å². The highest BCUT2D eigenvalue weighted by molar-refractivity contribution is 6.06. The van der Waals surface area contributed by atoms with Gasteiger partial charge in [-0.3, -0.25) is 9.59 Å². The molecule has 1 amide bonds. The number of amides is 1. The van der Waals surface area contributed by atoms with Crippen molar-refractivity contribution in [1.82, 2.24) is 4.98 Å². The van der Waals surface area contributed by atoms with Gasteiger partial charge in [-0.1, -0.05) is 18.2 Å². The van der Waals surface area contributed by atoms with E-state index in [1.807, 2.05) is 54.7 Å². The molecule has 4 rings (SSSR count). The molecule has 1 fully saturated rings. The van der Waals surface area contributed by atoms with Gasteiger partial charge in [0.2, 0.25) is 0 Å². The predicted octanol–water partition coefficient (Wildman–Crippen LogP) is 4.78. The summed E-state index contributed by atoms with van der Waals surface area (Å²) in [5, 5.41) is 13.1. The molecule has 0 aliphatic heterocycles. The largest absolute Gasteiger partial charge is 0.481 e. The maximum absolute atomic E-state index is 12.5. The van der Waals surface area contributed by atoms with Crippen molar-refractivity contribution in [3.63, 3.8) is 0 Å². The van der Waals surface area contributed by atoms with Crippen LogP contribution in [-0.4, -0.2) is 22.0 Å². The van der Waals surface area contributed by atoms with Gasteiger partial charge in [-0.25, -0.2) is 0 Å². The fourth-order valence-corrected chi connectivity index (χ4v) is 3.90. The second-order valence-electron chi connectivity index (χ2n) is 7.24. The van der Waals surface area contributed by atoms with Crippen LogP contribution in [0, 0.1) is 5.92 Å². The van der Waals surface area contributed by atoms with Gasteiger partial charge in [-0.05, 0) is 72.9 Å². The average Bonchev–Trinajstić information content (AvgIpc) is 3.16. The third kappa shape index (κ3) is 3.72. The van der Waals surface area contributed by atoms with Crippen molar-refractivity contribution in [2.45, 2.75) is 31.6 Å². The van der Waals surface area contributed by atoms with Crippen LogP contribution in [0.1, 0.15) is 47.5 Å². The van der Waals surface area contributed by atoms with Crippen molar-refractivity contribution in [3.05, 3.63) is 65.9 Å². The molecule has 1 saturated carbocycles. The lowest BCUT2D eigenvalue weighted by molar-refractivity contribution is -0.142. The number of aromatic amines is 1. The molecule has 27 heavy (non-hydrogen) atoms. The van der Waals surface area contributed by atoms with E-state index in [1.54, 1.807) is 0 Å². The Labute approximate surface area is 157 Å². The van der Waals surface area contributed by atoms with Crippen LogP contribution in [0.4, 0.5) is 5.69 Å². The quantitative estimate of drug-likeness (QED) is 0.625. The standard InChI is InChI=1S/C22H22N2O3/c25-21(18-6-3-16-11-12-23-20(16)13-18)24-19-9-7-15(8-10-19)14-1-4-17(5-2-14)22(26)27/h3,6-14,17,23H,1-2,4-5H2,(H,24,25)(H,26,27)/t14-,17-. The summed E-state index contributed by atoms with van der Waals surface area (Å²) in [4.78, 5) is 26.7. The summed E-state index contributed by atoms with van der Waals surface area (Å²) in [7, 11) is 0. The zero-order valence-corrected chi connectivity index (χ0v) is 14.9. The zero-order valence-electron chi connectivity index (χ0n) is 14.9. The van der Waals surface area contributed by atoms with Crippen LogP contribution < -0.4 is 5.32 Å². The third-order valence-corrected chi connectivity index (χ3v) is 5.53. The number of H-pyrrole nitrogens is 1. The molecular formula is C22H22N2O3. The highest BCUT2D eigenvalue weighted by Crippen LogP contribution is 2.36. The Morgan fingerprint density at radius 3 is 2.41 bits per heavy atom. The first-order valence-electron chi connectivity index (χ1n) is 9.31. The van der Waals surface area contributed by atoms with E-state index >= 15 is 0 Å². The minimum atomic E-state index is -0.677. The molecule has 1 aromatic heterocycles. The predicted molar refractivity (Wildman–Crippen MR) is 105 cm³/mol. The van der Waals surface area contributed by atoms with Crippen molar-refractivity contribution >= 4 is 28.5 Å². The molecule has 0 bridgehead atoms. The van der Waals surface area contributed by atoms with Gasteiger partial charge in [-0.15, -0.1) is 0 Å². The lowest BCUT2D eigenvalue weighted by atomic mass is 9.79.